The molecule has 0 aromatic heterocycles. The van der Waals surface area contributed by atoms with Crippen LogP contribution in [0, 0.1) is 0 Å². The molecule has 0 unspecified atom stereocenters. The van der Waals surface area contributed by atoms with Crippen molar-refractivity contribution in [1.82, 2.24) is 0 Å². The van der Waals surface area contributed by atoms with Crippen LogP contribution in [0.3, 0.4) is 0 Å². The van der Waals surface area contributed by atoms with Crippen molar-refractivity contribution in [3.63, 3.8) is 0 Å². The Labute approximate surface area is 200 Å². The number of nitrogens with two attached hydrogens (primary N) is 2. The summed E-state index contributed by atoms with van der Waals surface area (Å²) in [5.74, 6) is 0. The molecule has 0 aliphatic heterocycles. The number of rotatable bonds is 1. The van der Waals surface area contributed by atoms with Crippen molar-refractivity contribution in [2.75, 3.05) is 13.1 Å². The monoisotopic (exact) mass is 642 g/mol. The average molecular weight is 642 g/mol. The van der Waals surface area contributed by atoms with Gasteiger partial charge >= 0.3 is 37.1 Å². The summed E-state index contributed by atoms with van der Waals surface area (Å²) >= 11 is 0. The van der Waals surface area contributed by atoms with Crippen molar-refractivity contribution < 1.29 is 125 Å². The van der Waals surface area contributed by atoms with E-state index in [4.69, 9.17) is 99.1 Å². The normalized spacial score (nSPS) is 10.3. The Morgan fingerprint density at radius 1 is 0.355 bits per heavy atom. The van der Waals surface area contributed by atoms with Crippen LogP contribution in [-0.2, 0) is 89.1 Å². The Balaban J connectivity index is -0.0000000337. The van der Waals surface area contributed by atoms with Crippen molar-refractivity contribution in [3.05, 3.63) is 0 Å². The molecule has 0 amide bonds. The van der Waals surface area contributed by atoms with E-state index in [9.17, 15) is 0 Å². The van der Waals surface area contributed by atoms with Gasteiger partial charge in [-0.05, 0) is 0 Å². The van der Waals surface area contributed by atoms with Crippen LogP contribution in [0.5, 0.6) is 0 Å². The molecule has 29 heteroatoms. The van der Waals surface area contributed by atoms with Crippen LogP contribution in [0.15, 0.2) is 0 Å². The van der Waals surface area contributed by atoms with Gasteiger partial charge in [-0.15, -0.1) is 0 Å². The van der Waals surface area contributed by atoms with Gasteiger partial charge in [0.15, 0.2) is 0 Å². The van der Waals surface area contributed by atoms with Gasteiger partial charge in [0.1, 0.15) is 0 Å². The molecule has 186 valence electrons. The largest absolute Gasteiger partial charge is 5.00 e. The Kier molecular flexibility index (Phi) is 42.9. The first-order valence-electron chi connectivity index (χ1n) is 4.65. The van der Waals surface area contributed by atoms with Gasteiger partial charge in [-0.2, -0.15) is 0 Å². The van der Waals surface area contributed by atoms with Gasteiger partial charge in [-0.25, -0.2) is 0 Å². The van der Waals surface area contributed by atoms with Crippen LogP contribution in [0.2, 0.25) is 0 Å². The van der Waals surface area contributed by atoms with Crippen LogP contribution in [0.4, 0.5) is 0 Å². The topological polar surface area (TPSA) is 453 Å². The van der Waals surface area contributed by atoms with Gasteiger partial charge in [0.25, 0.3) is 0 Å². The first-order chi connectivity index (χ1) is 11.9. The zero-order valence-corrected chi connectivity index (χ0v) is 20.5. The SMILES string of the molecule is NCCN.O=S(=O)([O-])[O-].O=S(=O)([O-])[O-].O=S(=O)([O-])[O-].O=S(=O)([O-])[O-].O=S(=O)([O-])[O-].[V+5].[V+5]. The average Bonchev–Trinajstić information content (AvgIpc) is 2.16. The third-order valence-corrected chi connectivity index (χ3v) is 0.167. The van der Waals surface area contributed by atoms with E-state index in [2.05, 4.69) is 0 Å². The molecule has 4 N–H and O–H groups in total. The molecule has 31 heavy (non-hydrogen) atoms. The van der Waals surface area contributed by atoms with Crippen molar-refractivity contribution in [3.8, 4) is 0 Å². The number of hydrogen-bond acceptors (Lipinski definition) is 22. The molecule has 0 saturated carbocycles. The van der Waals surface area contributed by atoms with E-state index >= 15 is 0 Å². The van der Waals surface area contributed by atoms with E-state index in [1.54, 1.807) is 0 Å². The molecule has 0 aromatic carbocycles. The fourth-order valence-electron chi connectivity index (χ4n) is 0. The van der Waals surface area contributed by atoms with Gasteiger partial charge in [-0.3, -0.25) is 42.1 Å². The minimum absolute atomic E-state index is 0. The second kappa shape index (κ2) is 25.1. The van der Waals surface area contributed by atoms with Crippen LogP contribution < -0.4 is 11.5 Å². The zero-order chi connectivity index (χ0) is 25.9. The molecule has 0 bridgehead atoms. The zero-order valence-electron chi connectivity index (χ0n) is 13.7. The molecule has 0 aliphatic rings. The summed E-state index contributed by atoms with van der Waals surface area (Å²) in [6, 6.07) is 0. The van der Waals surface area contributed by atoms with Gasteiger partial charge < -0.3 is 57.0 Å². The first kappa shape index (κ1) is 53.0. The van der Waals surface area contributed by atoms with Crippen molar-refractivity contribution in [2.45, 2.75) is 0 Å². The summed E-state index contributed by atoms with van der Waals surface area (Å²) in [6.07, 6.45) is 0. The van der Waals surface area contributed by atoms with Crippen LogP contribution in [0.1, 0.15) is 0 Å². The molecule has 0 fully saturated rings. The van der Waals surface area contributed by atoms with Crippen LogP contribution >= 0.6 is 0 Å². The third-order valence-electron chi connectivity index (χ3n) is 0.167. The molecular weight excluding hydrogens is 634 g/mol. The van der Waals surface area contributed by atoms with E-state index in [1.807, 2.05) is 0 Å². The smallest absolute Gasteiger partial charge is 0.759 e. The van der Waals surface area contributed by atoms with Gasteiger partial charge in [0.2, 0.25) is 0 Å². The molecule has 22 nitrogen and oxygen atoms in total. The van der Waals surface area contributed by atoms with Gasteiger partial charge in [0.05, 0.1) is 0 Å². The maximum atomic E-state index is 8.52. The molecular formula is C2H8N2O20S5V2. The standard InChI is InChI=1S/C2H8N2.5H2O4S.2V/c3-1-2-4;5*1-5(2,3)4;;/h1-4H2;5*(H2,1,2,3,4);;/q;;;;;;2*+5/p-10. The molecule has 0 aromatic rings. The summed E-state index contributed by atoms with van der Waals surface area (Å²) in [6.45, 7) is 1.19. The molecule has 0 aliphatic carbocycles. The molecule has 0 atom stereocenters. The van der Waals surface area contributed by atoms with Crippen molar-refractivity contribution >= 4 is 52.0 Å². The van der Waals surface area contributed by atoms with E-state index in [0.717, 1.165) is 0 Å². The maximum Gasteiger partial charge on any atom is 5.00 e. The van der Waals surface area contributed by atoms with E-state index in [1.165, 1.54) is 0 Å². The summed E-state index contributed by atoms with van der Waals surface area (Å²) in [5.41, 5.74) is 9.81. The maximum absolute atomic E-state index is 8.52. The minimum Gasteiger partial charge on any atom is -0.759 e. The molecule has 0 spiro atoms. The Hall–Kier alpha value is 0.439. The molecule has 0 heterocycles. The molecule has 0 saturated heterocycles. The van der Waals surface area contributed by atoms with E-state index in [0.29, 0.717) is 13.1 Å². The Bertz CT molecular complexity index is 668. The van der Waals surface area contributed by atoms with E-state index in [-0.39, 0.29) is 37.1 Å². The summed E-state index contributed by atoms with van der Waals surface area (Å²) in [5, 5.41) is 0. The quantitative estimate of drug-likeness (QED) is 0.198. The third kappa shape index (κ3) is 11900. The van der Waals surface area contributed by atoms with Gasteiger partial charge in [0, 0.05) is 65.1 Å². The van der Waals surface area contributed by atoms with Crippen LogP contribution in [-0.4, -0.2) is 101 Å². The predicted molar refractivity (Wildman–Crippen MR) is 70.5 cm³/mol. The Morgan fingerprint density at radius 2 is 0.387 bits per heavy atom. The first-order valence-corrected chi connectivity index (χ1v) is 11.3. The second-order valence-electron chi connectivity index (χ2n) is 2.62. The molecule has 0 radical (unpaired) electrons. The van der Waals surface area contributed by atoms with Crippen molar-refractivity contribution in [1.29, 1.82) is 0 Å². The van der Waals surface area contributed by atoms with Gasteiger partial charge in [-0.1, -0.05) is 0 Å². The summed E-state index contributed by atoms with van der Waals surface area (Å²) < 4.78 is 170. The van der Waals surface area contributed by atoms with E-state index < -0.39 is 52.0 Å². The predicted octanol–water partition coefficient (Wildman–Crippen LogP) is -7.79. The fraction of sp³-hybridized carbons (Fsp3) is 1.00. The second-order valence-corrected chi connectivity index (χ2v) is 6.70. The minimum atomic E-state index is -5.17. The van der Waals surface area contributed by atoms with Crippen LogP contribution in [0.25, 0.3) is 0 Å². The molecule has 0 rings (SSSR count). The fourth-order valence-corrected chi connectivity index (χ4v) is 0. The number of hydrogen-bond donors (Lipinski definition) is 2. The summed E-state index contributed by atoms with van der Waals surface area (Å²) in [7, 11) is -25.8. The summed E-state index contributed by atoms with van der Waals surface area (Å²) in [4.78, 5) is 0. The van der Waals surface area contributed by atoms with Crippen molar-refractivity contribution in [2.24, 2.45) is 11.5 Å². The Morgan fingerprint density at radius 3 is 0.387 bits per heavy atom.